The SMILES string of the molecule is N[C@H]1CCOc2cccc(Cl)c21. The molecule has 0 radical (unpaired) electrons. The summed E-state index contributed by atoms with van der Waals surface area (Å²) < 4.78 is 5.41. The Kier molecular flexibility index (Phi) is 1.95. The van der Waals surface area contributed by atoms with Gasteiger partial charge in [-0.15, -0.1) is 0 Å². The molecule has 0 aromatic heterocycles. The second-order valence-corrected chi connectivity index (χ2v) is 3.30. The summed E-state index contributed by atoms with van der Waals surface area (Å²) in [6.07, 6.45) is 0.844. The summed E-state index contributed by atoms with van der Waals surface area (Å²) >= 11 is 5.98. The third-order valence-electron chi connectivity index (χ3n) is 2.07. The Morgan fingerprint density at radius 1 is 1.50 bits per heavy atom. The van der Waals surface area contributed by atoms with Crippen LogP contribution < -0.4 is 10.5 Å². The van der Waals surface area contributed by atoms with E-state index < -0.39 is 0 Å². The molecule has 1 aliphatic rings. The molecule has 2 N–H and O–H groups in total. The van der Waals surface area contributed by atoms with Gasteiger partial charge in [0.25, 0.3) is 0 Å². The van der Waals surface area contributed by atoms with Crippen molar-refractivity contribution in [2.24, 2.45) is 5.73 Å². The molecule has 0 fully saturated rings. The van der Waals surface area contributed by atoms with Crippen LogP contribution in [0.3, 0.4) is 0 Å². The van der Waals surface area contributed by atoms with Crippen molar-refractivity contribution < 1.29 is 4.74 Å². The van der Waals surface area contributed by atoms with Gasteiger partial charge in [0.15, 0.2) is 0 Å². The summed E-state index contributed by atoms with van der Waals surface area (Å²) in [6.45, 7) is 0.689. The standard InChI is InChI=1S/C9H10ClNO/c10-6-2-1-3-8-9(6)7(11)4-5-12-8/h1-3,7H,4-5,11H2/t7-/m0/s1. The van der Waals surface area contributed by atoms with Gasteiger partial charge in [0, 0.05) is 23.0 Å². The summed E-state index contributed by atoms with van der Waals surface area (Å²) in [5.41, 5.74) is 6.83. The average molecular weight is 184 g/mol. The third kappa shape index (κ3) is 1.17. The molecule has 1 aromatic rings. The van der Waals surface area contributed by atoms with Gasteiger partial charge in [0.1, 0.15) is 5.75 Å². The monoisotopic (exact) mass is 183 g/mol. The van der Waals surface area contributed by atoms with Gasteiger partial charge in [0.2, 0.25) is 0 Å². The molecular formula is C9H10ClNO. The Hall–Kier alpha value is -0.730. The Morgan fingerprint density at radius 3 is 3.08 bits per heavy atom. The van der Waals surface area contributed by atoms with Gasteiger partial charge < -0.3 is 10.5 Å². The Bertz CT molecular complexity index is 301. The maximum atomic E-state index is 5.98. The number of ether oxygens (including phenoxy) is 1. The molecule has 0 amide bonds. The van der Waals surface area contributed by atoms with E-state index in [4.69, 9.17) is 22.1 Å². The minimum Gasteiger partial charge on any atom is -0.493 e. The summed E-state index contributed by atoms with van der Waals surface area (Å²) in [5, 5.41) is 0.708. The van der Waals surface area contributed by atoms with E-state index in [1.165, 1.54) is 0 Å². The van der Waals surface area contributed by atoms with E-state index in [2.05, 4.69) is 0 Å². The summed E-state index contributed by atoms with van der Waals surface area (Å²) in [6, 6.07) is 5.65. The van der Waals surface area contributed by atoms with Crippen molar-refractivity contribution in [3.63, 3.8) is 0 Å². The molecule has 1 atom stereocenters. The predicted octanol–water partition coefficient (Wildman–Crippen LogP) is 2.12. The van der Waals surface area contributed by atoms with Crippen LogP contribution in [0.1, 0.15) is 18.0 Å². The molecule has 2 rings (SSSR count). The lowest BCUT2D eigenvalue weighted by atomic mass is 10.0. The van der Waals surface area contributed by atoms with E-state index in [0.29, 0.717) is 11.6 Å². The number of hydrogen-bond acceptors (Lipinski definition) is 2. The van der Waals surface area contributed by atoms with Crippen molar-refractivity contribution >= 4 is 11.6 Å². The Morgan fingerprint density at radius 2 is 2.33 bits per heavy atom. The highest BCUT2D eigenvalue weighted by atomic mass is 35.5. The van der Waals surface area contributed by atoms with Crippen LogP contribution in [0.4, 0.5) is 0 Å². The lowest BCUT2D eigenvalue weighted by Gasteiger charge is -2.23. The fourth-order valence-corrected chi connectivity index (χ4v) is 1.75. The van der Waals surface area contributed by atoms with Crippen LogP contribution in [0.15, 0.2) is 18.2 Å². The smallest absolute Gasteiger partial charge is 0.125 e. The van der Waals surface area contributed by atoms with Crippen molar-refractivity contribution in [3.8, 4) is 5.75 Å². The van der Waals surface area contributed by atoms with E-state index >= 15 is 0 Å². The molecular weight excluding hydrogens is 174 g/mol. The topological polar surface area (TPSA) is 35.2 Å². The molecule has 1 aliphatic heterocycles. The summed E-state index contributed by atoms with van der Waals surface area (Å²) in [7, 11) is 0. The van der Waals surface area contributed by atoms with Gasteiger partial charge in [0.05, 0.1) is 6.61 Å². The van der Waals surface area contributed by atoms with E-state index in [-0.39, 0.29) is 6.04 Å². The Balaban J connectivity index is 2.53. The first-order valence-corrected chi connectivity index (χ1v) is 4.33. The average Bonchev–Trinajstić information content (AvgIpc) is 2.04. The van der Waals surface area contributed by atoms with E-state index in [1.807, 2.05) is 18.2 Å². The summed E-state index contributed by atoms with van der Waals surface area (Å²) in [4.78, 5) is 0. The lowest BCUT2D eigenvalue weighted by Crippen LogP contribution is -2.20. The number of rotatable bonds is 0. The van der Waals surface area contributed by atoms with E-state index in [9.17, 15) is 0 Å². The number of nitrogens with two attached hydrogens (primary N) is 1. The first-order chi connectivity index (χ1) is 5.79. The number of halogens is 1. The predicted molar refractivity (Wildman–Crippen MR) is 48.5 cm³/mol. The quantitative estimate of drug-likeness (QED) is 0.669. The maximum Gasteiger partial charge on any atom is 0.125 e. The van der Waals surface area contributed by atoms with Crippen molar-refractivity contribution in [3.05, 3.63) is 28.8 Å². The largest absolute Gasteiger partial charge is 0.493 e. The highest BCUT2D eigenvalue weighted by Crippen LogP contribution is 2.35. The van der Waals surface area contributed by atoms with Gasteiger partial charge in [-0.3, -0.25) is 0 Å². The highest BCUT2D eigenvalue weighted by molar-refractivity contribution is 6.31. The number of hydrogen-bond donors (Lipinski definition) is 1. The van der Waals surface area contributed by atoms with Crippen molar-refractivity contribution in [2.45, 2.75) is 12.5 Å². The minimum atomic E-state index is 0.0300. The molecule has 1 aromatic carbocycles. The highest BCUT2D eigenvalue weighted by Gasteiger charge is 2.20. The lowest BCUT2D eigenvalue weighted by molar-refractivity contribution is 0.269. The maximum absolute atomic E-state index is 5.98. The van der Waals surface area contributed by atoms with E-state index in [1.54, 1.807) is 0 Å². The molecule has 0 bridgehead atoms. The zero-order valence-electron chi connectivity index (χ0n) is 6.59. The van der Waals surface area contributed by atoms with E-state index in [0.717, 1.165) is 17.7 Å². The first kappa shape index (κ1) is 7.90. The van der Waals surface area contributed by atoms with Gasteiger partial charge in [-0.25, -0.2) is 0 Å². The van der Waals surface area contributed by atoms with Crippen molar-refractivity contribution in [1.82, 2.24) is 0 Å². The zero-order chi connectivity index (χ0) is 8.55. The van der Waals surface area contributed by atoms with Crippen LogP contribution in [0.25, 0.3) is 0 Å². The molecule has 12 heavy (non-hydrogen) atoms. The van der Waals surface area contributed by atoms with Crippen LogP contribution >= 0.6 is 11.6 Å². The van der Waals surface area contributed by atoms with Crippen LogP contribution in [-0.4, -0.2) is 6.61 Å². The summed E-state index contributed by atoms with van der Waals surface area (Å²) in [5.74, 6) is 0.834. The van der Waals surface area contributed by atoms with Crippen LogP contribution in [0.5, 0.6) is 5.75 Å². The molecule has 0 spiro atoms. The zero-order valence-corrected chi connectivity index (χ0v) is 7.34. The molecule has 64 valence electrons. The molecule has 3 heteroatoms. The number of fused-ring (bicyclic) bond motifs is 1. The molecule has 0 aliphatic carbocycles. The van der Waals surface area contributed by atoms with Crippen molar-refractivity contribution in [1.29, 1.82) is 0 Å². The third-order valence-corrected chi connectivity index (χ3v) is 2.40. The normalized spacial score (nSPS) is 21.3. The molecule has 1 heterocycles. The molecule has 2 nitrogen and oxygen atoms in total. The second-order valence-electron chi connectivity index (χ2n) is 2.90. The molecule has 0 saturated carbocycles. The molecule has 0 unspecified atom stereocenters. The fraction of sp³-hybridized carbons (Fsp3) is 0.333. The minimum absolute atomic E-state index is 0.0300. The van der Waals surface area contributed by atoms with Crippen molar-refractivity contribution in [2.75, 3.05) is 6.61 Å². The van der Waals surface area contributed by atoms with Gasteiger partial charge >= 0.3 is 0 Å². The first-order valence-electron chi connectivity index (χ1n) is 3.96. The van der Waals surface area contributed by atoms with Gasteiger partial charge in [-0.2, -0.15) is 0 Å². The number of benzene rings is 1. The molecule has 0 saturated heterocycles. The second kappa shape index (κ2) is 2.96. The fourth-order valence-electron chi connectivity index (χ4n) is 1.44. The van der Waals surface area contributed by atoms with Crippen LogP contribution in [-0.2, 0) is 0 Å². The Labute approximate surface area is 76.3 Å². The van der Waals surface area contributed by atoms with Gasteiger partial charge in [-0.05, 0) is 12.1 Å². The van der Waals surface area contributed by atoms with Crippen LogP contribution in [0.2, 0.25) is 5.02 Å². The van der Waals surface area contributed by atoms with Crippen LogP contribution in [0, 0.1) is 0 Å². The van der Waals surface area contributed by atoms with Gasteiger partial charge in [-0.1, -0.05) is 17.7 Å².